The Labute approximate surface area is 56.0 Å². The van der Waals surface area contributed by atoms with Crippen molar-refractivity contribution in [3.63, 3.8) is 0 Å². The third-order valence-electron chi connectivity index (χ3n) is 1.65. The highest BCUT2D eigenvalue weighted by atomic mass is 19.1. The molecule has 1 nitrogen and oxygen atoms in total. The van der Waals surface area contributed by atoms with E-state index in [1.165, 1.54) is 0 Å². The Morgan fingerprint density at radius 3 is 2.67 bits per heavy atom. The Balaban J connectivity index is 2.35. The maximum atomic E-state index is 12.5. The molecule has 50 valence electrons. The highest BCUT2D eigenvalue weighted by Gasteiger charge is 2.29. The molecule has 0 aromatic rings. The third-order valence-corrected chi connectivity index (χ3v) is 1.65. The topological polar surface area (TPSA) is 9.23 Å². The summed E-state index contributed by atoms with van der Waals surface area (Å²) in [4.78, 5) is 0. The zero-order chi connectivity index (χ0) is 6.85. The van der Waals surface area contributed by atoms with Gasteiger partial charge in [-0.3, -0.25) is 0 Å². The van der Waals surface area contributed by atoms with Crippen molar-refractivity contribution in [2.24, 2.45) is 0 Å². The molecule has 2 radical (unpaired) electrons. The van der Waals surface area contributed by atoms with E-state index in [0.29, 0.717) is 6.42 Å². The first-order valence-electron chi connectivity index (χ1n) is 3.29. The van der Waals surface area contributed by atoms with E-state index < -0.39 is 12.2 Å². The van der Waals surface area contributed by atoms with Gasteiger partial charge in [0.25, 0.3) is 0 Å². The van der Waals surface area contributed by atoms with Gasteiger partial charge >= 0.3 is 0 Å². The molecular formula is C6H10BFO. The second-order valence-corrected chi connectivity index (χ2v) is 2.38. The summed E-state index contributed by atoms with van der Waals surface area (Å²) in [6.45, 7) is 1.97. The van der Waals surface area contributed by atoms with Crippen molar-refractivity contribution in [3.8, 4) is 0 Å². The van der Waals surface area contributed by atoms with Crippen molar-refractivity contribution in [1.29, 1.82) is 0 Å². The minimum absolute atomic E-state index is 0.0509. The van der Waals surface area contributed by atoms with Crippen molar-refractivity contribution in [3.05, 3.63) is 0 Å². The second kappa shape index (κ2) is 2.69. The van der Waals surface area contributed by atoms with Crippen molar-refractivity contribution < 1.29 is 9.13 Å². The molecule has 9 heavy (non-hydrogen) atoms. The monoisotopic (exact) mass is 128 g/mol. The predicted octanol–water partition coefficient (Wildman–Crippen LogP) is 1.02. The predicted molar refractivity (Wildman–Crippen MR) is 34.2 cm³/mol. The summed E-state index contributed by atoms with van der Waals surface area (Å²) < 4.78 is 17.5. The maximum absolute atomic E-state index is 12.5. The Bertz CT molecular complexity index is 89.1. The molecule has 1 heterocycles. The highest BCUT2D eigenvalue weighted by Crippen LogP contribution is 2.22. The Morgan fingerprint density at radius 2 is 2.44 bits per heavy atom. The minimum atomic E-state index is -0.949. The number of halogens is 1. The molecule has 3 heteroatoms. The first kappa shape index (κ1) is 7.07. The smallest absolute Gasteiger partial charge is 0.120 e. The Morgan fingerprint density at radius 1 is 1.78 bits per heavy atom. The van der Waals surface area contributed by atoms with Crippen LogP contribution in [0.1, 0.15) is 19.8 Å². The summed E-state index contributed by atoms with van der Waals surface area (Å²) in [7, 11) is 5.25. The van der Waals surface area contributed by atoms with E-state index in [0.717, 1.165) is 6.42 Å². The van der Waals surface area contributed by atoms with Gasteiger partial charge in [-0.05, 0) is 6.42 Å². The standard InChI is InChI=1S/C6H10BFO/c1-2-4-3-5(8)6(7)9-4/h4-6H,2-3H2,1H3/t4-,5?,6+/m0/s1. The quantitative estimate of drug-likeness (QED) is 0.479. The van der Waals surface area contributed by atoms with Crippen LogP contribution < -0.4 is 0 Å². The SMILES string of the molecule is [B][C@@H]1O[C@@H](CC)CC1F. The molecule has 3 atom stereocenters. The fourth-order valence-electron chi connectivity index (χ4n) is 1.01. The number of hydrogen-bond donors (Lipinski definition) is 0. The molecule has 0 N–H and O–H groups in total. The van der Waals surface area contributed by atoms with Gasteiger partial charge in [0, 0.05) is 12.4 Å². The fraction of sp³-hybridized carbons (Fsp3) is 1.00. The zero-order valence-corrected chi connectivity index (χ0v) is 5.51. The molecule has 0 bridgehead atoms. The van der Waals surface area contributed by atoms with E-state index in [-0.39, 0.29) is 6.10 Å². The summed E-state index contributed by atoms with van der Waals surface area (Å²) in [6, 6.07) is -0.671. The van der Waals surface area contributed by atoms with Crippen molar-refractivity contribution in [1.82, 2.24) is 0 Å². The van der Waals surface area contributed by atoms with Crippen LogP contribution in [-0.2, 0) is 4.74 Å². The molecule has 1 unspecified atom stereocenters. The average Bonchev–Trinajstić information content (AvgIpc) is 2.13. The van der Waals surface area contributed by atoms with Gasteiger partial charge in [-0.2, -0.15) is 0 Å². The lowest BCUT2D eigenvalue weighted by Crippen LogP contribution is -2.16. The molecule has 0 aliphatic carbocycles. The van der Waals surface area contributed by atoms with Gasteiger partial charge in [-0.15, -0.1) is 0 Å². The number of ether oxygens (including phenoxy) is 1. The Hall–Kier alpha value is -0.0451. The van der Waals surface area contributed by atoms with Crippen LogP contribution in [0.5, 0.6) is 0 Å². The fourth-order valence-corrected chi connectivity index (χ4v) is 1.01. The van der Waals surface area contributed by atoms with E-state index in [9.17, 15) is 4.39 Å². The van der Waals surface area contributed by atoms with Gasteiger partial charge in [0.15, 0.2) is 0 Å². The van der Waals surface area contributed by atoms with Crippen LogP contribution in [0.15, 0.2) is 0 Å². The van der Waals surface area contributed by atoms with E-state index in [1.54, 1.807) is 0 Å². The van der Waals surface area contributed by atoms with Crippen molar-refractivity contribution in [2.75, 3.05) is 0 Å². The third kappa shape index (κ3) is 1.45. The van der Waals surface area contributed by atoms with E-state index >= 15 is 0 Å². The molecule has 1 fully saturated rings. The van der Waals surface area contributed by atoms with Crippen molar-refractivity contribution >= 4 is 7.85 Å². The Kier molecular flexibility index (Phi) is 2.11. The van der Waals surface area contributed by atoms with Crippen LogP contribution in [-0.4, -0.2) is 26.1 Å². The summed E-state index contributed by atoms with van der Waals surface area (Å²) in [5.74, 6) is 0. The molecule has 1 rings (SSSR count). The van der Waals surface area contributed by atoms with Crippen LogP contribution in [0.3, 0.4) is 0 Å². The molecule has 1 saturated heterocycles. The minimum Gasteiger partial charge on any atom is -0.382 e. The van der Waals surface area contributed by atoms with Crippen LogP contribution in [0.4, 0.5) is 4.39 Å². The van der Waals surface area contributed by atoms with Gasteiger partial charge in [0.2, 0.25) is 0 Å². The largest absolute Gasteiger partial charge is 0.382 e. The molecule has 1 aliphatic rings. The summed E-state index contributed by atoms with van der Waals surface area (Å²) in [5.41, 5.74) is 0. The molecule has 0 aromatic heterocycles. The second-order valence-electron chi connectivity index (χ2n) is 2.38. The first-order valence-corrected chi connectivity index (χ1v) is 3.29. The van der Waals surface area contributed by atoms with Gasteiger partial charge in [-0.25, -0.2) is 4.39 Å². The molecule has 0 aromatic carbocycles. The normalized spacial score (nSPS) is 43.6. The molecule has 0 amide bonds. The van der Waals surface area contributed by atoms with Crippen LogP contribution in [0, 0.1) is 0 Å². The van der Waals surface area contributed by atoms with Gasteiger partial charge in [-0.1, -0.05) is 6.92 Å². The number of alkyl halides is 1. The number of rotatable bonds is 1. The van der Waals surface area contributed by atoms with Gasteiger partial charge < -0.3 is 4.74 Å². The van der Waals surface area contributed by atoms with Crippen LogP contribution in [0.25, 0.3) is 0 Å². The van der Waals surface area contributed by atoms with Crippen molar-refractivity contribution in [2.45, 2.75) is 38.0 Å². The van der Waals surface area contributed by atoms with Gasteiger partial charge in [0.1, 0.15) is 14.0 Å². The van der Waals surface area contributed by atoms with Crippen LogP contribution >= 0.6 is 0 Å². The lowest BCUT2D eigenvalue weighted by molar-refractivity contribution is 0.0748. The molecular weight excluding hydrogens is 118 g/mol. The van der Waals surface area contributed by atoms with E-state index in [2.05, 4.69) is 0 Å². The highest BCUT2D eigenvalue weighted by molar-refractivity contribution is 6.11. The summed E-state index contributed by atoms with van der Waals surface area (Å²) in [5, 5.41) is 0. The molecule has 0 spiro atoms. The molecule has 0 saturated carbocycles. The zero-order valence-electron chi connectivity index (χ0n) is 5.51. The lowest BCUT2D eigenvalue weighted by atomic mass is 9.95. The van der Waals surface area contributed by atoms with Gasteiger partial charge in [0.05, 0.1) is 6.10 Å². The first-order chi connectivity index (χ1) is 4.24. The average molecular weight is 128 g/mol. The summed E-state index contributed by atoms with van der Waals surface area (Å²) >= 11 is 0. The summed E-state index contributed by atoms with van der Waals surface area (Å²) in [6.07, 6.45) is 0.427. The van der Waals surface area contributed by atoms with E-state index in [4.69, 9.17) is 12.6 Å². The number of hydrogen-bond acceptors (Lipinski definition) is 1. The lowest BCUT2D eigenvalue weighted by Gasteiger charge is -2.06. The molecule has 1 aliphatic heterocycles. The maximum Gasteiger partial charge on any atom is 0.120 e. The van der Waals surface area contributed by atoms with E-state index in [1.807, 2.05) is 6.92 Å². The van der Waals surface area contributed by atoms with Crippen LogP contribution in [0.2, 0.25) is 0 Å².